The van der Waals surface area contributed by atoms with Crippen LogP contribution >= 0.6 is 24.0 Å². The van der Waals surface area contributed by atoms with Crippen molar-refractivity contribution in [2.75, 3.05) is 27.2 Å². The van der Waals surface area contributed by atoms with Gasteiger partial charge in [0.05, 0.1) is 6.61 Å². The molecule has 148 valence electrons. The number of guanidine groups is 1. The Morgan fingerprint density at radius 1 is 1.07 bits per heavy atom. The first-order chi connectivity index (χ1) is 12.7. The molecule has 0 spiro atoms. The fourth-order valence-corrected chi connectivity index (χ4v) is 2.66. The van der Waals surface area contributed by atoms with Crippen LogP contribution in [0.5, 0.6) is 0 Å². The van der Waals surface area contributed by atoms with Crippen molar-refractivity contribution in [3.05, 3.63) is 71.5 Å². The van der Waals surface area contributed by atoms with E-state index in [1.54, 1.807) is 19.2 Å². The SMILES string of the molecule is CN=C(NCCCCOCc1ccccc1)N(C)Cc1cccc(F)c1.I. The summed E-state index contributed by atoms with van der Waals surface area (Å²) in [6.07, 6.45) is 1.99. The van der Waals surface area contributed by atoms with Crippen molar-refractivity contribution < 1.29 is 9.13 Å². The lowest BCUT2D eigenvalue weighted by Crippen LogP contribution is -2.38. The molecular weight excluding hydrogens is 456 g/mol. The van der Waals surface area contributed by atoms with Crippen LogP contribution < -0.4 is 5.32 Å². The largest absolute Gasteiger partial charge is 0.377 e. The molecule has 27 heavy (non-hydrogen) atoms. The topological polar surface area (TPSA) is 36.9 Å². The second kappa shape index (κ2) is 13.5. The van der Waals surface area contributed by atoms with Crippen LogP contribution in [0, 0.1) is 5.82 Å². The normalized spacial score (nSPS) is 11.0. The second-order valence-corrected chi connectivity index (χ2v) is 6.21. The molecule has 0 unspecified atom stereocenters. The number of hydrogen-bond acceptors (Lipinski definition) is 2. The predicted molar refractivity (Wildman–Crippen MR) is 120 cm³/mol. The molecule has 0 aliphatic heterocycles. The molecule has 0 aliphatic carbocycles. The lowest BCUT2D eigenvalue weighted by Gasteiger charge is -2.22. The van der Waals surface area contributed by atoms with Gasteiger partial charge in [-0.25, -0.2) is 4.39 Å². The third-order valence-electron chi connectivity index (χ3n) is 3.99. The minimum atomic E-state index is -0.214. The van der Waals surface area contributed by atoms with Crippen molar-refractivity contribution in [1.29, 1.82) is 0 Å². The van der Waals surface area contributed by atoms with E-state index in [1.807, 2.05) is 36.2 Å². The monoisotopic (exact) mass is 485 g/mol. The summed E-state index contributed by atoms with van der Waals surface area (Å²) in [7, 11) is 3.70. The summed E-state index contributed by atoms with van der Waals surface area (Å²) in [6.45, 7) is 2.84. The number of unbranched alkanes of at least 4 members (excludes halogenated alkanes) is 1. The van der Waals surface area contributed by atoms with Crippen molar-refractivity contribution in [2.24, 2.45) is 4.99 Å². The van der Waals surface area contributed by atoms with E-state index in [4.69, 9.17) is 4.74 Å². The van der Waals surface area contributed by atoms with Gasteiger partial charge in [0.2, 0.25) is 0 Å². The van der Waals surface area contributed by atoms with Crippen molar-refractivity contribution >= 4 is 29.9 Å². The molecule has 2 aromatic rings. The van der Waals surface area contributed by atoms with Gasteiger partial charge >= 0.3 is 0 Å². The second-order valence-electron chi connectivity index (χ2n) is 6.21. The van der Waals surface area contributed by atoms with Gasteiger partial charge in [-0.2, -0.15) is 0 Å². The van der Waals surface area contributed by atoms with Gasteiger partial charge in [0.25, 0.3) is 0 Å². The van der Waals surface area contributed by atoms with Crippen molar-refractivity contribution in [2.45, 2.75) is 26.0 Å². The highest BCUT2D eigenvalue weighted by Crippen LogP contribution is 2.06. The molecule has 0 atom stereocenters. The number of nitrogens with zero attached hydrogens (tertiary/aromatic N) is 2. The summed E-state index contributed by atoms with van der Waals surface area (Å²) < 4.78 is 19.0. The molecule has 0 heterocycles. The number of hydrogen-bond donors (Lipinski definition) is 1. The Labute approximate surface area is 178 Å². The van der Waals surface area contributed by atoms with E-state index >= 15 is 0 Å². The van der Waals surface area contributed by atoms with Crippen molar-refractivity contribution in [3.63, 3.8) is 0 Å². The Kier molecular flexibility index (Phi) is 11.7. The van der Waals surface area contributed by atoms with Crippen molar-refractivity contribution in [3.8, 4) is 0 Å². The Balaban J connectivity index is 0.00000364. The van der Waals surface area contributed by atoms with Crippen LogP contribution in [0.15, 0.2) is 59.6 Å². The van der Waals surface area contributed by atoms with Crippen LogP contribution in [0.4, 0.5) is 4.39 Å². The summed E-state index contributed by atoms with van der Waals surface area (Å²) in [6, 6.07) is 16.8. The van der Waals surface area contributed by atoms with Crippen molar-refractivity contribution in [1.82, 2.24) is 10.2 Å². The van der Waals surface area contributed by atoms with Gasteiger partial charge in [-0.1, -0.05) is 42.5 Å². The van der Waals surface area contributed by atoms with E-state index in [2.05, 4.69) is 22.4 Å². The van der Waals surface area contributed by atoms with Crippen LogP contribution in [0.25, 0.3) is 0 Å². The van der Waals surface area contributed by atoms with E-state index in [0.29, 0.717) is 13.2 Å². The molecule has 0 radical (unpaired) electrons. The van der Waals surface area contributed by atoms with Crippen LogP contribution in [0.3, 0.4) is 0 Å². The standard InChI is InChI=1S/C21H28FN3O.HI/c1-23-21(25(2)16-19-11-8-12-20(22)15-19)24-13-6-7-14-26-17-18-9-4-3-5-10-18;/h3-5,8-12,15H,6-7,13-14,16-17H2,1-2H3,(H,23,24);1H. The fraction of sp³-hybridized carbons (Fsp3) is 0.381. The highest BCUT2D eigenvalue weighted by molar-refractivity contribution is 14.0. The highest BCUT2D eigenvalue weighted by Gasteiger charge is 2.06. The van der Waals surface area contributed by atoms with Crippen LogP contribution in [0.1, 0.15) is 24.0 Å². The minimum absolute atomic E-state index is 0. The van der Waals surface area contributed by atoms with E-state index in [1.165, 1.54) is 11.6 Å². The first-order valence-corrected chi connectivity index (χ1v) is 8.97. The van der Waals surface area contributed by atoms with Gasteiger partial charge in [-0.15, -0.1) is 24.0 Å². The molecule has 6 heteroatoms. The van der Waals surface area contributed by atoms with Gasteiger partial charge in [0.15, 0.2) is 5.96 Å². The molecule has 0 saturated carbocycles. The van der Waals surface area contributed by atoms with Crippen LogP contribution in [-0.2, 0) is 17.9 Å². The molecule has 0 saturated heterocycles. The fourth-order valence-electron chi connectivity index (χ4n) is 2.66. The lowest BCUT2D eigenvalue weighted by molar-refractivity contribution is 0.117. The summed E-state index contributed by atoms with van der Waals surface area (Å²) in [5.74, 6) is 0.591. The summed E-state index contributed by atoms with van der Waals surface area (Å²) in [5.41, 5.74) is 2.12. The number of nitrogens with one attached hydrogen (secondary N) is 1. The average molecular weight is 485 g/mol. The Morgan fingerprint density at radius 3 is 2.52 bits per heavy atom. The van der Waals surface area contributed by atoms with E-state index in [9.17, 15) is 4.39 Å². The molecule has 0 aliphatic rings. The maximum Gasteiger partial charge on any atom is 0.193 e. The molecule has 0 amide bonds. The minimum Gasteiger partial charge on any atom is -0.377 e. The molecular formula is C21H29FIN3O. The van der Waals surface area contributed by atoms with E-state index in [-0.39, 0.29) is 29.8 Å². The Bertz CT molecular complexity index is 682. The molecule has 2 rings (SSSR count). The van der Waals surface area contributed by atoms with Gasteiger partial charge in [0.1, 0.15) is 5.82 Å². The predicted octanol–water partition coefficient (Wildman–Crippen LogP) is 4.45. The molecule has 1 N–H and O–H groups in total. The number of halogens is 2. The van der Waals surface area contributed by atoms with Gasteiger partial charge < -0.3 is 15.0 Å². The maximum absolute atomic E-state index is 13.3. The van der Waals surface area contributed by atoms with E-state index < -0.39 is 0 Å². The molecule has 4 nitrogen and oxygen atoms in total. The van der Waals surface area contributed by atoms with Crippen LogP contribution in [0.2, 0.25) is 0 Å². The first kappa shape index (κ1) is 23.4. The average Bonchev–Trinajstić information content (AvgIpc) is 2.65. The molecule has 0 fully saturated rings. The Morgan fingerprint density at radius 2 is 1.81 bits per heavy atom. The lowest BCUT2D eigenvalue weighted by atomic mass is 10.2. The summed E-state index contributed by atoms with van der Waals surface area (Å²) >= 11 is 0. The Hall–Kier alpha value is -1.67. The number of rotatable bonds is 9. The van der Waals surface area contributed by atoms with Gasteiger partial charge in [-0.3, -0.25) is 4.99 Å². The summed E-state index contributed by atoms with van der Waals surface area (Å²) in [5, 5.41) is 3.34. The van der Waals surface area contributed by atoms with Crippen LogP contribution in [-0.4, -0.2) is 38.1 Å². The number of benzene rings is 2. The quantitative estimate of drug-likeness (QED) is 0.247. The zero-order chi connectivity index (χ0) is 18.6. The number of aliphatic imine (C=N–C) groups is 1. The van der Waals surface area contributed by atoms with Gasteiger partial charge in [0, 0.05) is 33.8 Å². The molecule has 0 aromatic heterocycles. The first-order valence-electron chi connectivity index (χ1n) is 8.97. The summed E-state index contributed by atoms with van der Waals surface area (Å²) in [4.78, 5) is 6.27. The third kappa shape index (κ3) is 9.19. The van der Waals surface area contributed by atoms with Gasteiger partial charge in [-0.05, 0) is 36.1 Å². The zero-order valence-corrected chi connectivity index (χ0v) is 18.4. The zero-order valence-electron chi connectivity index (χ0n) is 16.0. The molecule has 0 bridgehead atoms. The molecule has 2 aromatic carbocycles. The maximum atomic E-state index is 13.3. The third-order valence-corrected chi connectivity index (χ3v) is 3.99. The number of ether oxygens (including phenoxy) is 1. The van der Waals surface area contributed by atoms with E-state index in [0.717, 1.165) is 37.5 Å². The highest BCUT2D eigenvalue weighted by atomic mass is 127. The smallest absolute Gasteiger partial charge is 0.193 e.